The molecule has 0 amide bonds. The Balaban J connectivity index is 1.70. The molecule has 1 saturated heterocycles. The molecule has 3 heterocycles. The summed E-state index contributed by atoms with van der Waals surface area (Å²) in [6, 6.07) is 8.23. The molecule has 0 spiro atoms. The van der Waals surface area contributed by atoms with E-state index < -0.39 is 20.0 Å². The number of nitrogens with zero attached hydrogens (tertiary/aromatic N) is 5. The van der Waals surface area contributed by atoms with Gasteiger partial charge in [0.15, 0.2) is 0 Å². The van der Waals surface area contributed by atoms with E-state index in [2.05, 4.69) is 9.97 Å². The highest BCUT2D eigenvalue weighted by Crippen LogP contribution is 2.23. The van der Waals surface area contributed by atoms with Crippen LogP contribution in [0.4, 0.5) is 0 Å². The standard InChI is InChI=1S/C22H29N5O5S2/c1-17(2)15-27(16-19-5-4-18(12-23)13-24-19)34(30,31)21-6-7-22(25-14-21)32-20-8-10-26(11-9-20)33(3,28)29/h4-7,13-14,17,20H,8-11,15-16H2,1-3H3. The molecule has 1 fully saturated rings. The lowest BCUT2D eigenvalue weighted by Crippen LogP contribution is -2.41. The average molecular weight is 508 g/mol. The van der Waals surface area contributed by atoms with Crippen molar-refractivity contribution in [1.29, 1.82) is 5.26 Å². The quantitative estimate of drug-likeness (QED) is 0.503. The fourth-order valence-electron chi connectivity index (χ4n) is 3.61. The number of piperidine rings is 1. The first-order valence-corrected chi connectivity index (χ1v) is 14.2. The normalized spacial score (nSPS) is 16.0. The Hall–Kier alpha value is -2.59. The maximum Gasteiger partial charge on any atom is 0.244 e. The third kappa shape index (κ3) is 6.73. The molecule has 2 aromatic rings. The van der Waals surface area contributed by atoms with Crippen molar-refractivity contribution in [3.05, 3.63) is 47.9 Å². The van der Waals surface area contributed by atoms with Crippen LogP contribution in [0.1, 0.15) is 37.9 Å². The van der Waals surface area contributed by atoms with Gasteiger partial charge >= 0.3 is 0 Å². The van der Waals surface area contributed by atoms with E-state index in [9.17, 15) is 16.8 Å². The average Bonchev–Trinajstić information content (AvgIpc) is 2.79. The molecule has 34 heavy (non-hydrogen) atoms. The SMILES string of the molecule is CC(C)CN(Cc1ccc(C#N)cn1)S(=O)(=O)c1ccc(OC2CCN(S(C)(=O)=O)CC2)nc1. The van der Waals surface area contributed by atoms with E-state index in [1.54, 1.807) is 12.1 Å². The summed E-state index contributed by atoms with van der Waals surface area (Å²) in [6.07, 6.45) is 4.77. The second-order valence-electron chi connectivity index (χ2n) is 8.65. The number of pyridine rings is 2. The first kappa shape index (κ1) is 26.0. The monoisotopic (exact) mass is 507 g/mol. The number of ether oxygens (including phenoxy) is 1. The van der Waals surface area contributed by atoms with Crippen molar-refractivity contribution in [3.63, 3.8) is 0 Å². The van der Waals surface area contributed by atoms with Crippen molar-refractivity contribution in [1.82, 2.24) is 18.6 Å². The summed E-state index contributed by atoms with van der Waals surface area (Å²) < 4.78 is 58.6. The van der Waals surface area contributed by atoms with Crippen molar-refractivity contribution in [2.75, 3.05) is 25.9 Å². The molecule has 0 saturated carbocycles. The van der Waals surface area contributed by atoms with Gasteiger partial charge in [-0.3, -0.25) is 4.98 Å². The maximum absolute atomic E-state index is 13.3. The number of sulfonamides is 2. The predicted molar refractivity (Wildman–Crippen MR) is 126 cm³/mol. The van der Waals surface area contributed by atoms with Crippen LogP contribution in [-0.4, -0.2) is 67.4 Å². The Kier molecular flexibility index (Phi) is 8.25. The van der Waals surface area contributed by atoms with E-state index in [1.165, 1.54) is 39.4 Å². The zero-order valence-electron chi connectivity index (χ0n) is 19.5. The van der Waals surface area contributed by atoms with Crippen LogP contribution >= 0.6 is 0 Å². The van der Waals surface area contributed by atoms with Crippen molar-refractivity contribution < 1.29 is 21.6 Å². The first-order chi connectivity index (χ1) is 16.0. The zero-order valence-corrected chi connectivity index (χ0v) is 21.1. The number of aromatic nitrogens is 2. The fraction of sp³-hybridized carbons (Fsp3) is 0.500. The van der Waals surface area contributed by atoms with E-state index in [-0.39, 0.29) is 23.5 Å². The van der Waals surface area contributed by atoms with Crippen LogP contribution in [0, 0.1) is 17.2 Å². The molecule has 0 bridgehead atoms. The Morgan fingerprint density at radius 1 is 1.12 bits per heavy atom. The summed E-state index contributed by atoms with van der Waals surface area (Å²) in [5, 5.41) is 8.94. The van der Waals surface area contributed by atoms with E-state index in [4.69, 9.17) is 10.00 Å². The van der Waals surface area contributed by atoms with E-state index in [0.29, 0.717) is 49.6 Å². The van der Waals surface area contributed by atoms with E-state index >= 15 is 0 Å². The van der Waals surface area contributed by atoms with Crippen molar-refractivity contribution in [2.24, 2.45) is 5.92 Å². The number of hydrogen-bond acceptors (Lipinski definition) is 8. The molecule has 0 unspecified atom stereocenters. The van der Waals surface area contributed by atoms with Crippen LogP contribution in [0.15, 0.2) is 41.6 Å². The number of rotatable bonds is 9. The fourth-order valence-corrected chi connectivity index (χ4v) is 6.01. The van der Waals surface area contributed by atoms with Crippen molar-refractivity contribution in [3.8, 4) is 11.9 Å². The number of hydrogen-bond donors (Lipinski definition) is 0. The summed E-state index contributed by atoms with van der Waals surface area (Å²) in [7, 11) is -7.06. The van der Waals surface area contributed by atoms with Gasteiger partial charge in [0.2, 0.25) is 25.9 Å². The first-order valence-electron chi connectivity index (χ1n) is 10.9. The molecular weight excluding hydrogens is 478 g/mol. The summed E-state index contributed by atoms with van der Waals surface area (Å²) in [5.41, 5.74) is 0.945. The highest BCUT2D eigenvalue weighted by molar-refractivity contribution is 7.89. The van der Waals surface area contributed by atoms with Gasteiger partial charge in [0.1, 0.15) is 17.1 Å². The second-order valence-corrected chi connectivity index (χ2v) is 12.6. The van der Waals surface area contributed by atoms with Crippen molar-refractivity contribution in [2.45, 2.75) is 44.2 Å². The third-order valence-corrected chi connectivity index (χ3v) is 8.46. The van der Waals surface area contributed by atoms with E-state index in [0.717, 1.165) is 0 Å². The third-order valence-electron chi connectivity index (χ3n) is 5.37. The molecule has 3 rings (SSSR count). The molecule has 1 aliphatic rings. The van der Waals surface area contributed by atoms with Gasteiger partial charge in [-0.1, -0.05) is 13.8 Å². The van der Waals surface area contributed by atoms with Gasteiger partial charge in [-0.25, -0.2) is 26.1 Å². The zero-order chi connectivity index (χ0) is 24.9. The largest absolute Gasteiger partial charge is 0.474 e. The van der Waals surface area contributed by atoms with Gasteiger partial charge in [0.05, 0.1) is 30.3 Å². The van der Waals surface area contributed by atoms with Crippen LogP contribution in [-0.2, 0) is 26.6 Å². The molecule has 0 aromatic carbocycles. The summed E-state index contributed by atoms with van der Waals surface area (Å²) >= 11 is 0. The van der Waals surface area contributed by atoms with Crippen LogP contribution in [0.25, 0.3) is 0 Å². The van der Waals surface area contributed by atoms with Gasteiger partial charge in [0, 0.05) is 31.9 Å². The van der Waals surface area contributed by atoms with Gasteiger partial charge in [-0.05, 0) is 37.0 Å². The highest BCUT2D eigenvalue weighted by Gasteiger charge is 2.28. The van der Waals surface area contributed by atoms with Gasteiger partial charge in [0.25, 0.3) is 0 Å². The van der Waals surface area contributed by atoms with Crippen LogP contribution in [0.3, 0.4) is 0 Å². The van der Waals surface area contributed by atoms with E-state index in [1.807, 2.05) is 19.9 Å². The Morgan fingerprint density at radius 3 is 2.32 bits per heavy atom. The van der Waals surface area contributed by atoms with Crippen molar-refractivity contribution >= 4 is 20.0 Å². The van der Waals surface area contributed by atoms with Gasteiger partial charge in [-0.2, -0.15) is 9.57 Å². The number of nitriles is 1. The molecule has 0 aliphatic carbocycles. The predicted octanol–water partition coefficient (Wildman–Crippen LogP) is 2.00. The Labute approximate surface area is 201 Å². The molecular formula is C22H29N5O5S2. The minimum atomic E-state index is -3.85. The second kappa shape index (κ2) is 10.8. The lowest BCUT2D eigenvalue weighted by atomic mass is 10.1. The molecule has 0 atom stereocenters. The molecule has 0 radical (unpaired) electrons. The van der Waals surface area contributed by atoms with Gasteiger partial charge in [-0.15, -0.1) is 0 Å². The Bertz CT molecular complexity index is 1220. The topological polar surface area (TPSA) is 134 Å². The van der Waals surface area contributed by atoms with Gasteiger partial charge < -0.3 is 4.74 Å². The maximum atomic E-state index is 13.3. The molecule has 0 N–H and O–H groups in total. The van der Waals surface area contributed by atoms with Crippen LogP contribution < -0.4 is 4.74 Å². The highest BCUT2D eigenvalue weighted by atomic mass is 32.2. The van der Waals surface area contributed by atoms with Crippen LogP contribution in [0.2, 0.25) is 0 Å². The minimum absolute atomic E-state index is 0.0426. The summed E-state index contributed by atoms with van der Waals surface area (Å²) in [4.78, 5) is 8.43. The minimum Gasteiger partial charge on any atom is -0.474 e. The smallest absolute Gasteiger partial charge is 0.244 e. The molecule has 184 valence electrons. The molecule has 10 nitrogen and oxygen atoms in total. The molecule has 2 aromatic heterocycles. The molecule has 12 heteroatoms. The van der Waals surface area contributed by atoms with Crippen LogP contribution in [0.5, 0.6) is 5.88 Å². The lowest BCUT2D eigenvalue weighted by Gasteiger charge is -2.30. The summed E-state index contributed by atoms with van der Waals surface area (Å²) in [5.74, 6) is 0.377. The Morgan fingerprint density at radius 2 is 1.82 bits per heavy atom. The molecule has 1 aliphatic heterocycles. The summed E-state index contributed by atoms with van der Waals surface area (Å²) in [6.45, 7) is 4.98. The lowest BCUT2D eigenvalue weighted by molar-refractivity contribution is 0.130.